The van der Waals surface area contributed by atoms with Crippen LogP contribution in [0.25, 0.3) is 0 Å². The van der Waals surface area contributed by atoms with Gasteiger partial charge in [0.15, 0.2) is 5.13 Å². The van der Waals surface area contributed by atoms with Gasteiger partial charge in [-0.3, -0.25) is 4.79 Å². The van der Waals surface area contributed by atoms with Crippen LogP contribution >= 0.6 is 11.3 Å². The molecule has 0 saturated heterocycles. The van der Waals surface area contributed by atoms with Crippen LogP contribution in [0.1, 0.15) is 20.9 Å². The highest BCUT2D eigenvalue weighted by molar-refractivity contribution is 7.17. The van der Waals surface area contributed by atoms with Gasteiger partial charge in [0.2, 0.25) is 0 Å². The molecule has 2 aromatic carbocycles. The van der Waals surface area contributed by atoms with Crippen molar-refractivity contribution in [3.63, 3.8) is 0 Å². The lowest BCUT2D eigenvalue weighted by Gasteiger charge is -2.13. The van der Waals surface area contributed by atoms with Gasteiger partial charge >= 0.3 is 6.18 Å². The van der Waals surface area contributed by atoms with Gasteiger partial charge in [-0.1, -0.05) is 23.5 Å². The second-order valence-corrected chi connectivity index (χ2v) is 6.56. The van der Waals surface area contributed by atoms with Crippen molar-refractivity contribution < 1.29 is 22.4 Å². The molecule has 4 nitrogen and oxygen atoms in total. The topological polar surface area (TPSA) is 54.0 Å². The minimum atomic E-state index is -4.58. The van der Waals surface area contributed by atoms with E-state index in [2.05, 4.69) is 15.6 Å². The van der Waals surface area contributed by atoms with Crippen molar-refractivity contribution in [2.45, 2.75) is 13.1 Å². The molecule has 0 radical (unpaired) electrons. The molecule has 1 aromatic heterocycles. The highest BCUT2D eigenvalue weighted by Crippen LogP contribution is 2.35. The standard InChI is InChI=1S/C18H13F4N3OS/c1-10-15(27-17(23-10)24-12-8-6-11(19)7-9-12)16(26)25-14-5-3-2-4-13(14)18(20,21)22/h2-9H,1H3,(H,23,24)(H,25,26). The molecule has 1 heterocycles. The third-order valence-electron chi connectivity index (χ3n) is 3.58. The summed E-state index contributed by atoms with van der Waals surface area (Å²) in [6, 6.07) is 10.3. The summed E-state index contributed by atoms with van der Waals surface area (Å²) in [7, 11) is 0. The second kappa shape index (κ2) is 7.36. The van der Waals surface area contributed by atoms with Gasteiger partial charge in [-0.25, -0.2) is 9.37 Å². The zero-order chi connectivity index (χ0) is 19.6. The van der Waals surface area contributed by atoms with Crippen LogP contribution < -0.4 is 10.6 Å². The normalized spacial score (nSPS) is 11.3. The van der Waals surface area contributed by atoms with E-state index in [0.29, 0.717) is 16.5 Å². The molecule has 0 spiro atoms. The maximum absolute atomic E-state index is 13.1. The van der Waals surface area contributed by atoms with Gasteiger partial charge in [0.25, 0.3) is 5.91 Å². The first-order valence-electron chi connectivity index (χ1n) is 7.71. The van der Waals surface area contributed by atoms with Crippen molar-refractivity contribution in [1.29, 1.82) is 0 Å². The van der Waals surface area contributed by atoms with E-state index in [1.807, 2.05) is 0 Å². The number of aryl methyl sites for hydroxylation is 1. The molecule has 0 atom stereocenters. The lowest BCUT2D eigenvalue weighted by atomic mass is 10.1. The molecule has 0 saturated carbocycles. The molecule has 0 bridgehead atoms. The minimum absolute atomic E-state index is 0.177. The van der Waals surface area contributed by atoms with Crippen LogP contribution in [0.2, 0.25) is 0 Å². The Hall–Kier alpha value is -2.94. The molecule has 0 unspecified atom stereocenters. The van der Waals surface area contributed by atoms with Crippen molar-refractivity contribution in [2.24, 2.45) is 0 Å². The van der Waals surface area contributed by atoms with E-state index in [4.69, 9.17) is 0 Å². The van der Waals surface area contributed by atoms with E-state index in [1.54, 1.807) is 6.92 Å². The van der Waals surface area contributed by atoms with Crippen molar-refractivity contribution >= 4 is 33.8 Å². The van der Waals surface area contributed by atoms with Crippen LogP contribution in [0.15, 0.2) is 48.5 Å². The molecule has 0 aliphatic rings. The summed E-state index contributed by atoms with van der Waals surface area (Å²) in [6.45, 7) is 1.58. The number of nitrogens with zero attached hydrogens (tertiary/aromatic N) is 1. The van der Waals surface area contributed by atoms with E-state index < -0.39 is 17.6 Å². The van der Waals surface area contributed by atoms with Gasteiger partial charge in [0.05, 0.1) is 16.9 Å². The van der Waals surface area contributed by atoms with Crippen molar-refractivity contribution in [1.82, 2.24) is 4.98 Å². The molecular formula is C18H13F4N3OS. The monoisotopic (exact) mass is 395 g/mol. The Morgan fingerprint density at radius 1 is 1.07 bits per heavy atom. The third kappa shape index (κ3) is 4.43. The summed E-state index contributed by atoms with van der Waals surface area (Å²) in [4.78, 5) is 16.8. The van der Waals surface area contributed by atoms with Crippen molar-refractivity contribution in [3.8, 4) is 0 Å². The number of aromatic nitrogens is 1. The minimum Gasteiger partial charge on any atom is -0.332 e. The van der Waals surface area contributed by atoms with Gasteiger partial charge < -0.3 is 10.6 Å². The number of hydrogen-bond acceptors (Lipinski definition) is 4. The maximum Gasteiger partial charge on any atom is 0.418 e. The van der Waals surface area contributed by atoms with Gasteiger partial charge in [0, 0.05) is 5.69 Å². The number of hydrogen-bond donors (Lipinski definition) is 2. The lowest BCUT2D eigenvalue weighted by molar-refractivity contribution is -0.136. The number of amides is 1. The predicted molar refractivity (Wildman–Crippen MR) is 95.9 cm³/mol. The number of carbonyl (C=O) groups excluding carboxylic acids is 1. The fourth-order valence-electron chi connectivity index (χ4n) is 2.34. The Kier molecular flexibility index (Phi) is 5.13. The van der Waals surface area contributed by atoms with Gasteiger partial charge in [0.1, 0.15) is 10.7 Å². The van der Waals surface area contributed by atoms with Crippen LogP contribution in [0.3, 0.4) is 0 Å². The van der Waals surface area contributed by atoms with Crippen molar-refractivity contribution in [2.75, 3.05) is 10.6 Å². The third-order valence-corrected chi connectivity index (χ3v) is 4.65. The average Bonchev–Trinajstić information content (AvgIpc) is 2.97. The predicted octanol–water partition coefficient (Wildman–Crippen LogP) is 5.61. The number of thiazole rings is 1. The van der Waals surface area contributed by atoms with E-state index in [1.165, 1.54) is 42.5 Å². The molecule has 9 heteroatoms. The molecule has 0 fully saturated rings. The van der Waals surface area contributed by atoms with E-state index in [0.717, 1.165) is 17.4 Å². The molecule has 3 aromatic rings. The van der Waals surface area contributed by atoms with Gasteiger partial charge in [-0.15, -0.1) is 0 Å². The average molecular weight is 395 g/mol. The zero-order valence-corrected chi connectivity index (χ0v) is 14.7. The molecule has 0 aliphatic carbocycles. The zero-order valence-electron chi connectivity index (χ0n) is 13.9. The fourth-order valence-corrected chi connectivity index (χ4v) is 3.22. The molecule has 1 amide bonds. The molecule has 27 heavy (non-hydrogen) atoms. The summed E-state index contributed by atoms with van der Waals surface area (Å²) in [5.41, 5.74) is -0.313. The summed E-state index contributed by atoms with van der Waals surface area (Å²) >= 11 is 0.990. The number of carbonyl (C=O) groups is 1. The number of anilines is 3. The Balaban J connectivity index is 1.80. The first-order valence-corrected chi connectivity index (χ1v) is 8.53. The van der Waals surface area contributed by atoms with Gasteiger partial charge in [-0.05, 0) is 43.3 Å². The lowest BCUT2D eigenvalue weighted by Crippen LogP contribution is -2.16. The Morgan fingerprint density at radius 3 is 2.41 bits per heavy atom. The first-order chi connectivity index (χ1) is 12.7. The number of para-hydroxylation sites is 1. The molecule has 0 aliphatic heterocycles. The molecule has 140 valence electrons. The highest BCUT2D eigenvalue weighted by Gasteiger charge is 2.33. The van der Waals surface area contributed by atoms with Crippen LogP contribution in [-0.2, 0) is 6.18 Å². The molecule has 2 N–H and O–H groups in total. The molecule has 3 rings (SSSR count). The summed E-state index contributed by atoms with van der Waals surface area (Å²) in [6.07, 6.45) is -4.58. The molecular weight excluding hydrogens is 382 g/mol. The van der Waals surface area contributed by atoms with Crippen molar-refractivity contribution in [3.05, 3.63) is 70.5 Å². The first kappa shape index (κ1) is 18.8. The Bertz CT molecular complexity index is 967. The van der Waals surface area contributed by atoms with Crippen LogP contribution in [-0.4, -0.2) is 10.9 Å². The van der Waals surface area contributed by atoms with E-state index in [9.17, 15) is 22.4 Å². The highest BCUT2D eigenvalue weighted by atomic mass is 32.1. The van der Waals surface area contributed by atoms with Gasteiger partial charge in [-0.2, -0.15) is 13.2 Å². The number of benzene rings is 2. The SMILES string of the molecule is Cc1nc(Nc2ccc(F)cc2)sc1C(=O)Nc1ccccc1C(F)(F)F. The number of halogens is 4. The Morgan fingerprint density at radius 2 is 1.74 bits per heavy atom. The van der Waals surface area contributed by atoms with Crippen LogP contribution in [0.4, 0.5) is 34.1 Å². The van der Waals surface area contributed by atoms with Crippen LogP contribution in [0, 0.1) is 12.7 Å². The largest absolute Gasteiger partial charge is 0.418 e. The number of nitrogens with one attached hydrogen (secondary N) is 2. The summed E-state index contributed by atoms with van der Waals surface area (Å²) < 4.78 is 52.1. The second-order valence-electron chi connectivity index (χ2n) is 5.56. The smallest absolute Gasteiger partial charge is 0.332 e. The summed E-state index contributed by atoms with van der Waals surface area (Å²) in [5.74, 6) is -1.08. The summed E-state index contributed by atoms with van der Waals surface area (Å²) in [5, 5.41) is 5.59. The van der Waals surface area contributed by atoms with Crippen LogP contribution in [0.5, 0.6) is 0 Å². The number of alkyl halides is 3. The maximum atomic E-state index is 13.1. The quantitative estimate of drug-likeness (QED) is 0.565. The van der Waals surface area contributed by atoms with E-state index >= 15 is 0 Å². The number of rotatable bonds is 4. The Labute approximate surface area is 155 Å². The van der Waals surface area contributed by atoms with E-state index in [-0.39, 0.29) is 16.4 Å². The fraction of sp³-hybridized carbons (Fsp3) is 0.111.